The average molecular weight is 237 g/mol. The van der Waals surface area contributed by atoms with Gasteiger partial charge in [-0.25, -0.2) is 4.79 Å². The number of hydrogen-bond acceptors (Lipinski definition) is 3. The Kier molecular flexibility index (Phi) is 2.66. The van der Waals surface area contributed by atoms with Crippen molar-refractivity contribution in [1.29, 1.82) is 0 Å². The molecule has 1 unspecified atom stereocenters. The summed E-state index contributed by atoms with van der Waals surface area (Å²) in [6, 6.07) is 7.25. The number of ether oxygens (including phenoxy) is 1. The molecule has 1 amide bonds. The SMILES string of the molecule is CN1C(=O)Oc2ccccc2C1NC(N)=S. The topological polar surface area (TPSA) is 67.6 Å². The Hall–Kier alpha value is -1.82. The third kappa shape index (κ3) is 1.79. The average Bonchev–Trinajstić information content (AvgIpc) is 2.24. The van der Waals surface area contributed by atoms with Crippen molar-refractivity contribution in [3.63, 3.8) is 0 Å². The zero-order valence-corrected chi connectivity index (χ0v) is 9.45. The second-order valence-corrected chi connectivity index (χ2v) is 3.87. The van der Waals surface area contributed by atoms with Crippen molar-refractivity contribution < 1.29 is 9.53 Å². The zero-order chi connectivity index (χ0) is 11.7. The predicted octanol–water partition coefficient (Wildman–Crippen LogP) is 0.963. The maximum Gasteiger partial charge on any atom is 0.416 e. The number of nitrogens with zero attached hydrogens (tertiary/aromatic N) is 1. The first-order valence-electron chi connectivity index (χ1n) is 4.69. The largest absolute Gasteiger partial charge is 0.416 e. The fraction of sp³-hybridized carbons (Fsp3) is 0.200. The molecule has 2 rings (SSSR count). The van der Waals surface area contributed by atoms with Crippen LogP contribution in [0.1, 0.15) is 11.7 Å². The lowest BCUT2D eigenvalue weighted by Crippen LogP contribution is -2.47. The van der Waals surface area contributed by atoms with E-state index < -0.39 is 6.09 Å². The summed E-state index contributed by atoms with van der Waals surface area (Å²) in [5, 5.41) is 2.99. The molecule has 1 aromatic carbocycles. The van der Waals surface area contributed by atoms with Gasteiger partial charge in [-0.1, -0.05) is 18.2 Å². The van der Waals surface area contributed by atoms with E-state index in [1.54, 1.807) is 19.2 Å². The Morgan fingerprint density at radius 2 is 2.25 bits per heavy atom. The molecule has 0 aromatic heterocycles. The van der Waals surface area contributed by atoms with Gasteiger partial charge in [-0.2, -0.15) is 0 Å². The Labute approximate surface area is 98.2 Å². The van der Waals surface area contributed by atoms with Crippen LogP contribution in [0.4, 0.5) is 4.79 Å². The number of para-hydroxylation sites is 1. The van der Waals surface area contributed by atoms with E-state index in [0.717, 1.165) is 5.56 Å². The normalized spacial score (nSPS) is 18.7. The highest BCUT2D eigenvalue weighted by Crippen LogP contribution is 2.31. The number of rotatable bonds is 1. The van der Waals surface area contributed by atoms with Crippen LogP contribution in [0.15, 0.2) is 24.3 Å². The first kappa shape index (κ1) is 10.7. The molecule has 16 heavy (non-hydrogen) atoms. The summed E-state index contributed by atoms with van der Waals surface area (Å²) in [5.41, 5.74) is 6.26. The molecule has 5 nitrogen and oxygen atoms in total. The van der Waals surface area contributed by atoms with Crippen molar-refractivity contribution in [3.05, 3.63) is 29.8 Å². The predicted molar refractivity (Wildman–Crippen MR) is 62.9 cm³/mol. The molecule has 1 aromatic rings. The van der Waals surface area contributed by atoms with E-state index >= 15 is 0 Å². The maximum atomic E-state index is 11.5. The number of nitrogens with one attached hydrogen (secondary N) is 1. The Morgan fingerprint density at radius 3 is 2.94 bits per heavy atom. The van der Waals surface area contributed by atoms with Crippen molar-refractivity contribution in [1.82, 2.24) is 10.2 Å². The van der Waals surface area contributed by atoms with Gasteiger partial charge in [-0.3, -0.25) is 4.90 Å². The van der Waals surface area contributed by atoms with Crippen molar-refractivity contribution in [2.75, 3.05) is 7.05 Å². The van der Waals surface area contributed by atoms with E-state index in [4.69, 9.17) is 22.7 Å². The van der Waals surface area contributed by atoms with Crippen LogP contribution in [-0.2, 0) is 0 Å². The van der Waals surface area contributed by atoms with Gasteiger partial charge in [0, 0.05) is 12.6 Å². The highest BCUT2D eigenvalue weighted by Gasteiger charge is 2.31. The summed E-state index contributed by atoms with van der Waals surface area (Å²) in [6.07, 6.45) is -0.817. The standard InChI is InChI=1S/C10H11N3O2S/c1-13-8(12-9(11)16)6-4-2-3-5-7(6)15-10(13)14/h2-5,8H,1H3,(H3,11,12,16). The second-order valence-electron chi connectivity index (χ2n) is 3.43. The molecule has 6 heteroatoms. The molecule has 1 aliphatic heterocycles. The van der Waals surface area contributed by atoms with Crippen molar-refractivity contribution in [2.24, 2.45) is 5.73 Å². The molecule has 0 aliphatic carbocycles. The van der Waals surface area contributed by atoms with Crippen molar-refractivity contribution in [2.45, 2.75) is 6.17 Å². The number of carbonyl (C=O) groups excluding carboxylic acids is 1. The third-order valence-corrected chi connectivity index (χ3v) is 2.48. The van der Waals surface area contributed by atoms with E-state index in [1.807, 2.05) is 12.1 Å². The molecule has 1 heterocycles. The molecule has 0 saturated carbocycles. The Bertz CT molecular complexity index is 449. The number of thiocarbonyl (C=S) groups is 1. The smallest absolute Gasteiger partial charge is 0.410 e. The number of nitrogens with two attached hydrogens (primary N) is 1. The second kappa shape index (κ2) is 3.97. The minimum absolute atomic E-state index is 0.140. The first-order chi connectivity index (χ1) is 7.59. The molecule has 0 spiro atoms. The molecule has 3 N–H and O–H groups in total. The molecule has 1 atom stereocenters. The van der Waals surface area contributed by atoms with Crippen LogP contribution in [0.5, 0.6) is 5.75 Å². The van der Waals surface area contributed by atoms with Gasteiger partial charge in [-0.15, -0.1) is 0 Å². The molecule has 0 radical (unpaired) electrons. The summed E-state index contributed by atoms with van der Waals surface area (Å²) in [6.45, 7) is 0. The lowest BCUT2D eigenvalue weighted by atomic mass is 10.1. The van der Waals surface area contributed by atoms with Crippen LogP contribution >= 0.6 is 12.2 Å². The number of benzene rings is 1. The monoisotopic (exact) mass is 237 g/mol. The van der Waals surface area contributed by atoms with Gasteiger partial charge in [0.05, 0.1) is 0 Å². The van der Waals surface area contributed by atoms with Crippen molar-refractivity contribution >= 4 is 23.4 Å². The quantitative estimate of drug-likeness (QED) is 0.712. The summed E-state index contributed by atoms with van der Waals surface area (Å²) in [4.78, 5) is 12.9. The number of fused-ring (bicyclic) bond motifs is 1. The number of hydrogen-bond donors (Lipinski definition) is 2. The van der Waals surface area contributed by atoms with Gasteiger partial charge in [0.2, 0.25) is 0 Å². The van der Waals surface area contributed by atoms with Crippen LogP contribution in [0.3, 0.4) is 0 Å². The molecule has 1 aliphatic rings. The van der Waals surface area contributed by atoms with Crippen LogP contribution in [0.2, 0.25) is 0 Å². The van der Waals surface area contributed by atoms with Crippen LogP contribution < -0.4 is 15.8 Å². The Balaban J connectivity index is 2.41. The van der Waals surface area contributed by atoms with Crippen molar-refractivity contribution in [3.8, 4) is 5.75 Å². The van der Waals surface area contributed by atoms with E-state index in [-0.39, 0.29) is 11.3 Å². The van der Waals surface area contributed by atoms with E-state index in [2.05, 4.69) is 5.32 Å². The van der Waals surface area contributed by atoms with Gasteiger partial charge in [0.15, 0.2) is 5.11 Å². The minimum atomic E-state index is -0.438. The maximum absolute atomic E-state index is 11.5. The van der Waals surface area contributed by atoms with Crippen LogP contribution in [0, 0.1) is 0 Å². The number of carbonyl (C=O) groups is 1. The fourth-order valence-corrected chi connectivity index (χ4v) is 1.70. The molecule has 0 bridgehead atoms. The van der Waals surface area contributed by atoms with E-state index in [9.17, 15) is 4.79 Å². The molecule has 0 saturated heterocycles. The summed E-state index contributed by atoms with van der Waals surface area (Å²) < 4.78 is 5.12. The lowest BCUT2D eigenvalue weighted by Gasteiger charge is -2.33. The van der Waals surface area contributed by atoms with Gasteiger partial charge in [0.1, 0.15) is 11.9 Å². The molecule has 84 valence electrons. The molecular weight excluding hydrogens is 226 g/mol. The van der Waals surface area contributed by atoms with Gasteiger partial charge >= 0.3 is 6.09 Å². The fourth-order valence-electron chi connectivity index (χ4n) is 1.59. The number of amides is 1. The molecule has 0 fully saturated rings. The van der Waals surface area contributed by atoms with Gasteiger partial charge in [-0.05, 0) is 18.3 Å². The first-order valence-corrected chi connectivity index (χ1v) is 5.10. The third-order valence-electron chi connectivity index (χ3n) is 2.37. The van der Waals surface area contributed by atoms with E-state index in [0.29, 0.717) is 5.75 Å². The van der Waals surface area contributed by atoms with Gasteiger partial charge < -0.3 is 15.8 Å². The highest BCUT2D eigenvalue weighted by atomic mass is 32.1. The zero-order valence-electron chi connectivity index (χ0n) is 8.64. The minimum Gasteiger partial charge on any atom is -0.410 e. The van der Waals surface area contributed by atoms with Crippen LogP contribution in [-0.4, -0.2) is 23.2 Å². The summed E-state index contributed by atoms with van der Waals surface area (Å²) in [7, 11) is 1.62. The summed E-state index contributed by atoms with van der Waals surface area (Å²) in [5.74, 6) is 0.527. The van der Waals surface area contributed by atoms with Gasteiger partial charge in [0.25, 0.3) is 0 Å². The Morgan fingerprint density at radius 1 is 1.56 bits per heavy atom. The summed E-state index contributed by atoms with van der Waals surface area (Å²) >= 11 is 4.78. The molecular formula is C10H11N3O2S. The van der Waals surface area contributed by atoms with E-state index in [1.165, 1.54) is 4.90 Å². The highest BCUT2D eigenvalue weighted by molar-refractivity contribution is 7.80. The van der Waals surface area contributed by atoms with Crippen LogP contribution in [0.25, 0.3) is 0 Å². The lowest BCUT2D eigenvalue weighted by molar-refractivity contribution is 0.127.